The fraction of sp³-hybridized carbons (Fsp3) is 0.263. The Hall–Kier alpha value is -2.46. The molecule has 0 radical (unpaired) electrons. The minimum absolute atomic E-state index is 0.182. The fourth-order valence-electron chi connectivity index (χ4n) is 2.46. The predicted octanol–water partition coefficient (Wildman–Crippen LogP) is 2.14. The van der Waals surface area contributed by atoms with E-state index in [0.29, 0.717) is 12.8 Å². The highest BCUT2D eigenvalue weighted by Crippen LogP contribution is 2.11. The molecule has 4 heteroatoms. The average Bonchev–Trinajstić information content (AvgIpc) is 2.55. The van der Waals surface area contributed by atoms with Gasteiger partial charge in [0.05, 0.1) is 6.42 Å². The van der Waals surface area contributed by atoms with Crippen LogP contribution in [0.25, 0.3) is 0 Å². The van der Waals surface area contributed by atoms with Gasteiger partial charge < -0.3 is 0 Å². The molecule has 0 heterocycles. The second-order valence-electron chi connectivity index (χ2n) is 5.76. The molecule has 0 aliphatic heterocycles. The van der Waals surface area contributed by atoms with Crippen molar-refractivity contribution >= 4 is 11.7 Å². The highest BCUT2D eigenvalue weighted by Gasteiger charge is 2.02. The summed E-state index contributed by atoms with van der Waals surface area (Å²) >= 11 is 0. The standard InChI is InChI=1S/C19H22N2O2/c1-14(22)12-17-8-4-15(5-9-17)2-3-16-6-10-18(11-7-16)13-19(23)21-20/h4-11H,2-3,12-13,20H2,1H3,(H,21,23). The van der Waals surface area contributed by atoms with Crippen LogP contribution in [0.5, 0.6) is 0 Å². The first-order chi connectivity index (χ1) is 11.1. The van der Waals surface area contributed by atoms with Gasteiger partial charge in [0, 0.05) is 6.42 Å². The lowest BCUT2D eigenvalue weighted by atomic mass is 10.0. The van der Waals surface area contributed by atoms with E-state index in [2.05, 4.69) is 17.6 Å². The van der Waals surface area contributed by atoms with E-state index >= 15 is 0 Å². The Balaban J connectivity index is 1.88. The maximum absolute atomic E-state index is 11.2. The van der Waals surface area contributed by atoms with Gasteiger partial charge in [0.1, 0.15) is 5.78 Å². The fourth-order valence-corrected chi connectivity index (χ4v) is 2.46. The predicted molar refractivity (Wildman–Crippen MR) is 90.7 cm³/mol. The molecule has 2 aromatic carbocycles. The second-order valence-corrected chi connectivity index (χ2v) is 5.76. The number of amides is 1. The molecule has 2 rings (SSSR count). The van der Waals surface area contributed by atoms with Gasteiger partial charge in [-0.15, -0.1) is 0 Å². The zero-order chi connectivity index (χ0) is 16.7. The Morgan fingerprint density at radius 1 is 0.783 bits per heavy atom. The normalized spacial score (nSPS) is 10.3. The number of Topliss-reactive ketones (excluding diaryl/α,β-unsaturated/α-hetero) is 1. The Morgan fingerprint density at radius 2 is 1.17 bits per heavy atom. The van der Waals surface area contributed by atoms with Crippen LogP contribution in [0, 0.1) is 0 Å². The molecule has 0 spiro atoms. The van der Waals surface area contributed by atoms with E-state index in [-0.39, 0.29) is 11.7 Å². The molecule has 0 bridgehead atoms. The van der Waals surface area contributed by atoms with Crippen molar-refractivity contribution in [3.8, 4) is 0 Å². The Morgan fingerprint density at radius 3 is 1.57 bits per heavy atom. The molecular weight excluding hydrogens is 288 g/mol. The van der Waals surface area contributed by atoms with Gasteiger partial charge in [0.25, 0.3) is 0 Å². The Labute approximate surface area is 136 Å². The lowest BCUT2D eigenvalue weighted by Gasteiger charge is -2.05. The van der Waals surface area contributed by atoms with E-state index in [1.165, 1.54) is 11.1 Å². The van der Waals surface area contributed by atoms with Gasteiger partial charge in [0.2, 0.25) is 5.91 Å². The van der Waals surface area contributed by atoms with Crippen LogP contribution in [-0.2, 0) is 35.3 Å². The number of hydrogen-bond donors (Lipinski definition) is 2. The molecule has 23 heavy (non-hydrogen) atoms. The third-order valence-corrected chi connectivity index (χ3v) is 3.73. The summed E-state index contributed by atoms with van der Waals surface area (Å²) in [5, 5.41) is 0. The number of rotatable bonds is 7. The third-order valence-electron chi connectivity index (χ3n) is 3.73. The molecular formula is C19H22N2O2. The lowest BCUT2D eigenvalue weighted by molar-refractivity contribution is -0.120. The molecule has 0 unspecified atom stereocenters. The van der Waals surface area contributed by atoms with Crippen LogP contribution >= 0.6 is 0 Å². The molecule has 0 atom stereocenters. The minimum atomic E-state index is -0.191. The number of ketones is 1. The van der Waals surface area contributed by atoms with Gasteiger partial charge in [-0.3, -0.25) is 15.0 Å². The molecule has 0 saturated carbocycles. The van der Waals surface area contributed by atoms with E-state index in [1.54, 1.807) is 6.92 Å². The van der Waals surface area contributed by atoms with Gasteiger partial charge in [-0.2, -0.15) is 0 Å². The van der Waals surface area contributed by atoms with Crippen LogP contribution in [0.3, 0.4) is 0 Å². The maximum Gasteiger partial charge on any atom is 0.238 e. The first kappa shape index (κ1) is 16.9. The molecule has 3 N–H and O–H groups in total. The SMILES string of the molecule is CC(=O)Cc1ccc(CCc2ccc(CC(=O)NN)cc2)cc1. The number of carbonyl (C=O) groups is 2. The topological polar surface area (TPSA) is 72.2 Å². The largest absolute Gasteiger partial charge is 0.300 e. The maximum atomic E-state index is 11.2. The minimum Gasteiger partial charge on any atom is -0.300 e. The van der Waals surface area contributed by atoms with E-state index in [0.717, 1.165) is 24.0 Å². The number of aryl methyl sites for hydroxylation is 2. The molecule has 0 aliphatic carbocycles. The highest BCUT2D eigenvalue weighted by atomic mass is 16.2. The van der Waals surface area contributed by atoms with Crippen LogP contribution in [0.15, 0.2) is 48.5 Å². The number of hydrazine groups is 1. The van der Waals surface area contributed by atoms with Crippen LogP contribution in [0.2, 0.25) is 0 Å². The van der Waals surface area contributed by atoms with Crippen molar-refractivity contribution in [3.63, 3.8) is 0 Å². The van der Waals surface area contributed by atoms with Crippen molar-refractivity contribution in [2.24, 2.45) is 5.84 Å². The van der Waals surface area contributed by atoms with Crippen LogP contribution in [0.1, 0.15) is 29.2 Å². The van der Waals surface area contributed by atoms with E-state index in [1.807, 2.05) is 36.4 Å². The smallest absolute Gasteiger partial charge is 0.238 e. The van der Waals surface area contributed by atoms with Crippen molar-refractivity contribution < 1.29 is 9.59 Å². The zero-order valence-corrected chi connectivity index (χ0v) is 13.3. The van der Waals surface area contributed by atoms with Crippen molar-refractivity contribution in [1.82, 2.24) is 5.43 Å². The van der Waals surface area contributed by atoms with Crippen molar-refractivity contribution in [2.75, 3.05) is 0 Å². The van der Waals surface area contributed by atoms with Gasteiger partial charge >= 0.3 is 0 Å². The zero-order valence-electron chi connectivity index (χ0n) is 13.3. The number of nitrogens with one attached hydrogen (secondary N) is 1. The molecule has 1 amide bonds. The van der Waals surface area contributed by atoms with E-state index in [4.69, 9.17) is 5.84 Å². The van der Waals surface area contributed by atoms with Crippen molar-refractivity contribution in [2.45, 2.75) is 32.6 Å². The Kier molecular flexibility index (Phi) is 6.06. The summed E-state index contributed by atoms with van der Waals surface area (Å²) in [7, 11) is 0. The van der Waals surface area contributed by atoms with Crippen molar-refractivity contribution in [3.05, 3.63) is 70.8 Å². The number of nitrogens with two attached hydrogens (primary N) is 1. The number of hydrogen-bond acceptors (Lipinski definition) is 3. The van der Waals surface area contributed by atoms with Crippen LogP contribution in [-0.4, -0.2) is 11.7 Å². The monoisotopic (exact) mass is 310 g/mol. The number of carbonyl (C=O) groups excluding carboxylic acids is 2. The average molecular weight is 310 g/mol. The summed E-state index contributed by atoms with van der Waals surface area (Å²) in [6.07, 6.45) is 2.69. The molecule has 4 nitrogen and oxygen atoms in total. The third kappa shape index (κ3) is 5.68. The van der Waals surface area contributed by atoms with Gasteiger partial charge in [-0.25, -0.2) is 5.84 Å². The first-order valence-corrected chi connectivity index (χ1v) is 7.71. The molecule has 0 saturated heterocycles. The summed E-state index contributed by atoms with van der Waals surface area (Å²) < 4.78 is 0. The quantitative estimate of drug-likeness (QED) is 0.467. The molecule has 0 fully saturated rings. The summed E-state index contributed by atoms with van der Waals surface area (Å²) in [5.41, 5.74) is 6.62. The van der Waals surface area contributed by atoms with Gasteiger partial charge in [-0.1, -0.05) is 48.5 Å². The number of benzene rings is 2. The molecule has 0 aromatic heterocycles. The molecule has 0 aliphatic rings. The first-order valence-electron chi connectivity index (χ1n) is 7.71. The molecule has 2 aromatic rings. The summed E-state index contributed by atoms with van der Waals surface area (Å²) in [6.45, 7) is 1.61. The second kappa shape index (κ2) is 8.25. The van der Waals surface area contributed by atoms with E-state index < -0.39 is 0 Å². The summed E-state index contributed by atoms with van der Waals surface area (Å²) in [5.74, 6) is 5.07. The van der Waals surface area contributed by atoms with E-state index in [9.17, 15) is 9.59 Å². The molecule has 120 valence electrons. The van der Waals surface area contributed by atoms with Crippen LogP contribution < -0.4 is 11.3 Å². The van der Waals surface area contributed by atoms with Gasteiger partial charge in [-0.05, 0) is 42.0 Å². The summed E-state index contributed by atoms with van der Waals surface area (Å²) in [4.78, 5) is 22.3. The van der Waals surface area contributed by atoms with Crippen molar-refractivity contribution in [1.29, 1.82) is 0 Å². The van der Waals surface area contributed by atoms with Gasteiger partial charge in [0.15, 0.2) is 0 Å². The Bertz CT molecular complexity index is 661. The summed E-state index contributed by atoms with van der Waals surface area (Å²) in [6, 6.07) is 16.2. The highest BCUT2D eigenvalue weighted by molar-refractivity contribution is 5.78. The van der Waals surface area contributed by atoms with Crippen LogP contribution in [0.4, 0.5) is 0 Å². The lowest BCUT2D eigenvalue weighted by Crippen LogP contribution is -2.31.